The summed E-state index contributed by atoms with van der Waals surface area (Å²) in [7, 11) is 0. The van der Waals surface area contributed by atoms with Gasteiger partial charge in [0.1, 0.15) is 28.0 Å². The average Bonchev–Trinajstić information content (AvgIpc) is 2.96. The highest BCUT2D eigenvalue weighted by molar-refractivity contribution is 7.18. The van der Waals surface area contributed by atoms with Gasteiger partial charge in [-0.3, -0.25) is 15.0 Å². The van der Waals surface area contributed by atoms with Crippen molar-refractivity contribution < 1.29 is 14.7 Å². The van der Waals surface area contributed by atoms with Crippen molar-refractivity contribution >= 4 is 40.8 Å². The second-order valence-corrected chi connectivity index (χ2v) is 5.90. The number of aromatic nitrogens is 3. The zero-order chi connectivity index (χ0) is 18.6. The molecule has 0 radical (unpaired) electrons. The lowest BCUT2D eigenvalue weighted by molar-refractivity contribution is -0.134. The predicted molar refractivity (Wildman–Crippen MR) is 93.1 cm³/mol. The molecular weight excluding hydrogens is 346 g/mol. The maximum Gasteiger partial charge on any atom is 0.322 e. The number of carboxylic acids is 1. The number of nitrogens with two attached hydrogens (primary N) is 2. The number of allylic oxidation sites excluding steroid dienone is 1. The number of carbonyl (C=O) groups excluding carboxylic acids is 1. The summed E-state index contributed by atoms with van der Waals surface area (Å²) in [6.07, 6.45) is 4.62. The van der Waals surface area contributed by atoms with Gasteiger partial charge in [0, 0.05) is 29.7 Å². The molecule has 0 aromatic carbocycles. The summed E-state index contributed by atoms with van der Waals surface area (Å²) in [6.45, 7) is 1.29. The molecule has 0 saturated heterocycles. The Morgan fingerprint density at radius 3 is 2.52 bits per heavy atom. The maximum atomic E-state index is 11.3. The van der Waals surface area contributed by atoms with Crippen molar-refractivity contribution in [3.8, 4) is 10.6 Å². The van der Waals surface area contributed by atoms with E-state index < -0.39 is 24.1 Å². The van der Waals surface area contributed by atoms with Crippen LogP contribution in [-0.2, 0) is 9.59 Å². The Kier molecular flexibility index (Phi) is 5.39. The van der Waals surface area contributed by atoms with Crippen LogP contribution in [0.4, 0.5) is 5.82 Å². The Balaban J connectivity index is 2.39. The van der Waals surface area contributed by atoms with Gasteiger partial charge in [0.25, 0.3) is 5.91 Å². The summed E-state index contributed by atoms with van der Waals surface area (Å²) in [6, 6.07) is 0. The van der Waals surface area contributed by atoms with Crippen LogP contribution in [0.2, 0.25) is 0 Å². The summed E-state index contributed by atoms with van der Waals surface area (Å²) < 4.78 is 0. The normalized spacial score (nSPS) is 11.2. The average molecular weight is 361 g/mol. The van der Waals surface area contributed by atoms with Gasteiger partial charge in [-0.05, 0) is 6.92 Å². The molecule has 2 heterocycles. The summed E-state index contributed by atoms with van der Waals surface area (Å²) in [5.74, 6) is -1.53. The fourth-order valence-electron chi connectivity index (χ4n) is 1.73. The Morgan fingerprint density at radius 1 is 1.36 bits per heavy atom. The zero-order valence-corrected chi connectivity index (χ0v) is 13.9. The van der Waals surface area contributed by atoms with Crippen LogP contribution in [0.15, 0.2) is 18.1 Å². The topological polar surface area (TPSA) is 181 Å². The number of thiazole rings is 1. The second-order valence-electron chi connectivity index (χ2n) is 4.90. The van der Waals surface area contributed by atoms with E-state index in [-0.39, 0.29) is 10.7 Å². The van der Waals surface area contributed by atoms with Crippen molar-refractivity contribution in [1.82, 2.24) is 15.0 Å². The molecule has 0 bridgehead atoms. The first-order chi connectivity index (χ1) is 11.8. The molecule has 7 N–H and O–H groups in total. The first kappa shape index (κ1) is 18.0. The van der Waals surface area contributed by atoms with Crippen LogP contribution in [-0.4, -0.2) is 44.2 Å². The second kappa shape index (κ2) is 7.49. The minimum atomic E-state index is -1.11. The highest BCUT2D eigenvalue weighted by Crippen LogP contribution is 2.30. The molecule has 0 aliphatic carbocycles. The molecule has 0 aliphatic rings. The largest absolute Gasteiger partial charge is 0.480 e. The van der Waals surface area contributed by atoms with E-state index in [2.05, 4.69) is 20.3 Å². The molecule has 2 rings (SSSR count). The molecule has 0 saturated carbocycles. The lowest BCUT2D eigenvalue weighted by Gasteiger charge is -2.02. The number of carbonyl (C=O) groups is 2. The molecular formula is C14H15N7O3S. The number of primary amides is 1. The predicted octanol–water partition coefficient (Wildman–Crippen LogP) is 0.269. The third-order valence-corrected chi connectivity index (χ3v) is 3.91. The molecule has 11 heteroatoms. The van der Waals surface area contributed by atoms with Crippen LogP contribution in [0.3, 0.4) is 0 Å². The molecule has 10 nitrogen and oxygen atoms in total. The third-order valence-electron chi connectivity index (χ3n) is 2.78. The fourth-order valence-corrected chi connectivity index (χ4v) is 2.70. The van der Waals surface area contributed by atoms with Crippen molar-refractivity contribution in [2.45, 2.75) is 6.92 Å². The molecule has 0 fully saturated rings. The number of aliphatic carboxylic acids is 1. The molecule has 130 valence electrons. The van der Waals surface area contributed by atoms with Gasteiger partial charge in [-0.25, -0.2) is 15.0 Å². The van der Waals surface area contributed by atoms with Gasteiger partial charge < -0.3 is 21.9 Å². The van der Waals surface area contributed by atoms with E-state index in [1.807, 2.05) is 0 Å². The molecule has 0 unspecified atom stereocenters. The summed E-state index contributed by atoms with van der Waals surface area (Å²) in [5.41, 5.74) is 11.3. The Bertz CT molecular complexity index is 854. The van der Waals surface area contributed by atoms with Gasteiger partial charge in [0.05, 0.1) is 0 Å². The van der Waals surface area contributed by atoms with Gasteiger partial charge >= 0.3 is 5.97 Å². The molecule has 2 aromatic rings. The minimum absolute atomic E-state index is 0.0907. The van der Waals surface area contributed by atoms with Gasteiger partial charge in [0.2, 0.25) is 0 Å². The lowest BCUT2D eigenvalue weighted by atomic mass is 10.3. The van der Waals surface area contributed by atoms with Gasteiger partial charge in [-0.1, -0.05) is 0 Å². The maximum absolute atomic E-state index is 11.3. The summed E-state index contributed by atoms with van der Waals surface area (Å²) >= 11 is 1.01. The minimum Gasteiger partial charge on any atom is -0.480 e. The number of amides is 1. The number of hydrogen-bond donors (Lipinski definition) is 5. The van der Waals surface area contributed by atoms with Gasteiger partial charge in [-0.15, -0.1) is 11.3 Å². The van der Waals surface area contributed by atoms with E-state index in [0.29, 0.717) is 22.1 Å². The van der Waals surface area contributed by atoms with Crippen LogP contribution in [0.1, 0.15) is 17.6 Å². The van der Waals surface area contributed by atoms with Gasteiger partial charge in [0.15, 0.2) is 5.82 Å². The van der Waals surface area contributed by atoms with E-state index in [1.54, 1.807) is 13.0 Å². The smallest absolute Gasteiger partial charge is 0.322 e. The fraction of sp³-hybridized carbons (Fsp3) is 0.143. The standard InChI is InChI=1S/C14H15N7O3S/c1-6(15)2-8-18-3-7(4-19-8)14-21-13(20-5-9(22)23)11(25-14)10(16)12(17)24/h2-4,16,20H,5,15H2,1H3,(H2,17,24)(H,22,23)/b6-2-,16-10?. The van der Waals surface area contributed by atoms with Gasteiger partial charge in [-0.2, -0.15) is 0 Å². The van der Waals surface area contributed by atoms with Crippen molar-refractivity contribution in [3.05, 3.63) is 28.8 Å². The number of carboxylic acid groups (broad SMARTS) is 1. The molecule has 1 amide bonds. The molecule has 25 heavy (non-hydrogen) atoms. The molecule has 0 spiro atoms. The Morgan fingerprint density at radius 2 is 2.00 bits per heavy atom. The van der Waals surface area contributed by atoms with E-state index in [9.17, 15) is 9.59 Å². The van der Waals surface area contributed by atoms with E-state index in [4.69, 9.17) is 22.0 Å². The number of nitrogens with zero attached hydrogens (tertiary/aromatic N) is 3. The number of nitrogens with one attached hydrogen (secondary N) is 2. The van der Waals surface area contributed by atoms with Crippen LogP contribution >= 0.6 is 11.3 Å². The lowest BCUT2D eigenvalue weighted by Crippen LogP contribution is -2.24. The highest BCUT2D eigenvalue weighted by atomic mass is 32.1. The van der Waals surface area contributed by atoms with Crippen molar-refractivity contribution in [1.29, 1.82) is 5.41 Å². The van der Waals surface area contributed by atoms with Crippen LogP contribution < -0.4 is 16.8 Å². The van der Waals surface area contributed by atoms with Crippen LogP contribution in [0.25, 0.3) is 16.6 Å². The molecule has 2 aromatic heterocycles. The van der Waals surface area contributed by atoms with Crippen molar-refractivity contribution in [2.24, 2.45) is 11.5 Å². The zero-order valence-electron chi connectivity index (χ0n) is 13.1. The number of hydrogen-bond acceptors (Lipinski definition) is 9. The summed E-state index contributed by atoms with van der Waals surface area (Å²) in [4.78, 5) is 34.6. The van der Waals surface area contributed by atoms with E-state index >= 15 is 0 Å². The van der Waals surface area contributed by atoms with Crippen molar-refractivity contribution in [3.63, 3.8) is 0 Å². The van der Waals surface area contributed by atoms with Crippen LogP contribution in [0, 0.1) is 5.41 Å². The van der Waals surface area contributed by atoms with E-state index in [1.165, 1.54) is 12.4 Å². The Hall–Kier alpha value is -3.34. The molecule has 0 aliphatic heterocycles. The number of anilines is 1. The number of rotatable bonds is 7. The van der Waals surface area contributed by atoms with Crippen molar-refractivity contribution in [2.75, 3.05) is 11.9 Å². The molecule has 0 atom stereocenters. The quantitative estimate of drug-likeness (QED) is 0.435. The van der Waals surface area contributed by atoms with Crippen LogP contribution in [0.5, 0.6) is 0 Å². The highest BCUT2D eigenvalue weighted by Gasteiger charge is 2.20. The van der Waals surface area contributed by atoms with E-state index in [0.717, 1.165) is 11.3 Å². The summed E-state index contributed by atoms with van der Waals surface area (Å²) in [5, 5.41) is 19.5. The SMILES string of the molecule is C/C(N)=C/c1ncc(-c2nc(NCC(=O)O)c(C(=N)C(N)=O)s2)cn1. The first-order valence-corrected chi connectivity index (χ1v) is 7.71. The Labute approximate surface area is 146 Å². The third kappa shape index (κ3) is 4.57. The first-order valence-electron chi connectivity index (χ1n) is 6.89. The monoisotopic (exact) mass is 361 g/mol.